The minimum Gasteiger partial charge on any atom is -0.246 e. The summed E-state index contributed by atoms with van der Waals surface area (Å²) in [6, 6.07) is 1.96. The van der Waals surface area contributed by atoms with Crippen molar-refractivity contribution in [3.8, 4) is 6.07 Å². The number of nitriles is 1. The minimum absolute atomic E-state index is 0.158. The molecule has 2 aromatic heterocycles. The maximum atomic E-state index is 12.0. The number of pyridine rings is 1. The SMILES string of the molecule is CC(C)=c1c(C)c(C#N)c(=O)n2nc(C)[nH+]c12. The van der Waals surface area contributed by atoms with Crippen LogP contribution in [-0.2, 0) is 0 Å². The minimum atomic E-state index is -0.366. The number of nitrogens with zero attached hydrogens (tertiary/aromatic N) is 3. The van der Waals surface area contributed by atoms with Crippen LogP contribution in [-0.4, -0.2) is 9.61 Å². The van der Waals surface area contributed by atoms with E-state index in [0.29, 0.717) is 17.0 Å². The van der Waals surface area contributed by atoms with Crippen molar-refractivity contribution in [3.05, 3.63) is 32.5 Å². The predicted molar refractivity (Wildman–Crippen MR) is 62.2 cm³/mol. The van der Waals surface area contributed by atoms with Crippen molar-refractivity contribution in [2.24, 2.45) is 0 Å². The Balaban J connectivity index is 3.26. The fourth-order valence-electron chi connectivity index (χ4n) is 2.08. The molecule has 0 unspecified atom stereocenters. The first kappa shape index (κ1) is 11.3. The molecule has 0 aliphatic carbocycles. The van der Waals surface area contributed by atoms with Gasteiger partial charge in [0, 0.05) is 12.0 Å². The van der Waals surface area contributed by atoms with Crippen molar-refractivity contribution in [1.82, 2.24) is 9.61 Å². The smallest absolute Gasteiger partial charge is 0.246 e. The number of aryl methyl sites for hydroxylation is 1. The monoisotopic (exact) mass is 229 g/mol. The highest BCUT2D eigenvalue weighted by Gasteiger charge is 2.20. The van der Waals surface area contributed by atoms with E-state index in [2.05, 4.69) is 10.1 Å². The van der Waals surface area contributed by atoms with Gasteiger partial charge in [0.1, 0.15) is 11.6 Å². The van der Waals surface area contributed by atoms with Crippen LogP contribution in [0.5, 0.6) is 0 Å². The molecular formula is C12H13N4O+. The third-order valence-electron chi connectivity index (χ3n) is 2.77. The van der Waals surface area contributed by atoms with Crippen LogP contribution in [0.2, 0.25) is 0 Å². The molecule has 0 saturated heterocycles. The number of aromatic nitrogens is 3. The highest BCUT2D eigenvalue weighted by atomic mass is 16.1. The number of fused-ring (bicyclic) bond motifs is 1. The van der Waals surface area contributed by atoms with E-state index >= 15 is 0 Å². The summed E-state index contributed by atoms with van der Waals surface area (Å²) in [6.07, 6.45) is 0. The molecule has 0 saturated carbocycles. The third-order valence-corrected chi connectivity index (χ3v) is 2.77. The van der Waals surface area contributed by atoms with E-state index < -0.39 is 0 Å². The number of hydrogen-bond donors (Lipinski definition) is 0. The second kappa shape index (κ2) is 3.67. The van der Waals surface area contributed by atoms with Crippen LogP contribution in [0.15, 0.2) is 4.79 Å². The second-order valence-electron chi connectivity index (χ2n) is 4.26. The molecule has 0 radical (unpaired) electrons. The molecule has 1 N–H and O–H groups in total. The van der Waals surface area contributed by atoms with Gasteiger partial charge in [0.05, 0.1) is 5.22 Å². The van der Waals surface area contributed by atoms with Gasteiger partial charge in [-0.05, 0) is 30.9 Å². The van der Waals surface area contributed by atoms with E-state index in [1.54, 1.807) is 13.8 Å². The van der Waals surface area contributed by atoms with Crippen molar-refractivity contribution >= 4 is 11.2 Å². The zero-order valence-corrected chi connectivity index (χ0v) is 10.2. The Kier molecular flexibility index (Phi) is 2.43. The molecule has 0 aliphatic rings. The zero-order valence-electron chi connectivity index (χ0n) is 10.2. The highest BCUT2D eigenvalue weighted by molar-refractivity contribution is 5.55. The van der Waals surface area contributed by atoms with Crippen LogP contribution in [0.1, 0.15) is 30.8 Å². The Labute approximate surface area is 98.0 Å². The number of nitrogens with one attached hydrogen (secondary N) is 1. The van der Waals surface area contributed by atoms with E-state index in [9.17, 15) is 4.79 Å². The van der Waals surface area contributed by atoms with Gasteiger partial charge in [0.2, 0.25) is 0 Å². The van der Waals surface area contributed by atoms with Crippen molar-refractivity contribution in [2.45, 2.75) is 27.7 Å². The molecule has 0 bridgehead atoms. The number of H-pyrrole nitrogens is 1. The van der Waals surface area contributed by atoms with Crippen LogP contribution in [0.25, 0.3) is 11.2 Å². The Hall–Kier alpha value is -2.22. The highest BCUT2D eigenvalue weighted by Crippen LogP contribution is 2.00. The van der Waals surface area contributed by atoms with Crippen LogP contribution < -0.4 is 15.8 Å². The Morgan fingerprint density at radius 3 is 2.59 bits per heavy atom. The molecular weight excluding hydrogens is 216 g/mol. The van der Waals surface area contributed by atoms with Gasteiger partial charge in [0.15, 0.2) is 0 Å². The zero-order chi connectivity index (χ0) is 12.7. The van der Waals surface area contributed by atoms with Gasteiger partial charge in [0.25, 0.3) is 11.5 Å². The molecule has 0 amide bonds. The molecule has 0 aromatic carbocycles. The fourth-order valence-corrected chi connectivity index (χ4v) is 2.08. The van der Waals surface area contributed by atoms with Gasteiger partial charge in [-0.3, -0.25) is 0 Å². The van der Waals surface area contributed by atoms with Gasteiger partial charge in [-0.25, -0.2) is 9.78 Å². The average molecular weight is 229 g/mol. The van der Waals surface area contributed by atoms with E-state index in [-0.39, 0.29) is 11.1 Å². The standard InChI is InChI=1S/C12H12N4O/c1-6(2)10-7(3)9(5-13)12(17)16-11(10)14-8(4)15-16/h1-4H3/p+1. The van der Waals surface area contributed by atoms with Gasteiger partial charge in [-0.2, -0.15) is 5.26 Å². The molecule has 2 heterocycles. The van der Waals surface area contributed by atoms with Crippen molar-refractivity contribution in [2.75, 3.05) is 0 Å². The van der Waals surface area contributed by atoms with Gasteiger partial charge >= 0.3 is 5.56 Å². The second-order valence-corrected chi connectivity index (χ2v) is 4.26. The summed E-state index contributed by atoms with van der Waals surface area (Å²) in [5.74, 6) is 0.652. The lowest BCUT2D eigenvalue weighted by Crippen LogP contribution is -2.30. The van der Waals surface area contributed by atoms with Crippen LogP contribution in [0.3, 0.4) is 0 Å². The van der Waals surface area contributed by atoms with E-state index in [4.69, 9.17) is 5.26 Å². The topological polar surface area (TPSA) is 72.3 Å². The summed E-state index contributed by atoms with van der Waals surface area (Å²) >= 11 is 0. The summed E-state index contributed by atoms with van der Waals surface area (Å²) in [5, 5.41) is 14.0. The molecule has 0 spiro atoms. The number of rotatable bonds is 0. The fraction of sp³-hybridized carbons (Fsp3) is 0.333. The normalized spacial score (nSPS) is 10.5. The number of aromatic amines is 1. The van der Waals surface area contributed by atoms with Gasteiger partial charge in [-0.15, -0.1) is 0 Å². The predicted octanol–water partition coefficient (Wildman–Crippen LogP) is -0.0935. The van der Waals surface area contributed by atoms with Gasteiger partial charge < -0.3 is 0 Å². The van der Waals surface area contributed by atoms with Crippen molar-refractivity contribution < 1.29 is 4.98 Å². The largest absolute Gasteiger partial charge is 0.361 e. The molecule has 17 heavy (non-hydrogen) atoms. The molecule has 0 atom stereocenters. The molecule has 0 aliphatic heterocycles. The Bertz CT molecular complexity index is 761. The third kappa shape index (κ3) is 1.49. The lowest BCUT2D eigenvalue weighted by atomic mass is 10.1. The van der Waals surface area contributed by atoms with E-state index in [1.807, 2.05) is 19.9 Å². The van der Waals surface area contributed by atoms with Crippen LogP contribution in [0.4, 0.5) is 0 Å². The summed E-state index contributed by atoms with van der Waals surface area (Å²) in [6.45, 7) is 7.47. The van der Waals surface area contributed by atoms with Crippen molar-refractivity contribution in [1.29, 1.82) is 5.26 Å². The van der Waals surface area contributed by atoms with Crippen molar-refractivity contribution in [3.63, 3.8) is 0 Å². The summed E-state index contributed by atoms with van der Waals surface area (Å²) < 4.78 is 1.27. The summed E-state index contributed by atoms with van der Waals surface area (Å²) in [4.78, 5) is 15.1. The van der Waals surface area contributed by atoms with Crippen LogP contribution >= 0.6 is 0 Å². The average Bonchev–Trinajstić information content (AvgIpc) is 2.60. The Morgan fingerprint density at radius 2 is 2.06 bits per heavy atom. The molecule has 0 fully saturated rings. The van der Waals surface area contributed by atoms with Crippen LogP contribution in [0, 0.1) is 25.2 Å². The summed E-state index contributed by atoms with van der Waals surface area (Å²) in [5.41, 5.74) is 2.20. The first-order valence-corrected chi connectivity index (χ1v) is 5.30. The lowest BCUT2D eigenvalue weighted by molar-refractivity contribution is -0.357. The van der Waals surface area contributed by atoms with E-state index in [0.717, 1.165) is 10.8 Å². The lowest BCUT2D eigenvalue weighted by Gasteiger charge is -1.97. The number of hydrogen-bond acceptors (Lipinski definition) is 3. The molecule has 2 aromatic rings. The van der Waals surface area contributed by atoms with Gasteiger partial charge in [-0.1, -0.05) is 5.57 Å². The first-order chi connectivity index (χ1) is 7.97. The maximum Gasteiger partial charge on any atom is 0.361 e. The van der Waals surface area contributed by atoms with E-state index in [1.165, 1.54) is 4.52 Å². The Morgan fingerprint density at radius 1 is 1.41 bits per heavy atom. The molecule has 5 heteroatoms. The molecule has 2 rings (SSSR count). The molecule has 86 valence electrons. The first-order valence-electron chi connectivity index (χ1n) is 5.30. The maximum absolute atomic E-state index is 12.0. The summed E-state index contributed by atoms with van der Waals surface area (Å²) in [7, 11) is 0. The quantitative estimate of drug-likeness (QED) is 0.633. The molecule has 5 nitrogen and oxygen atoms in total.